The number of unbranched alkanes of at least 4 members (excludes halogenated alkanes) is 1. The zero-order chi connectivity index (χ0) is 24.7. The first-order chi connectivity index (χ1) is 16.3. The third-order valence-electron chi connectivity index (χ3n) is 5.50. The van der Waals surface area contributed by atoms with E-state index in [9.17, 15) is 14.4 Å². The summed E-state index contributed by atoms with van der Waals surface area (Å²) < 4.78 is 16.2. The number of carbonyl (C=O) groups is 2. The lowest BCUT2D eigenvalue weighted by Crippen LogP contribution is -2.30. The number of aryl methyl sites for hydroxylation is 1. The molecule has 0 aliphatic heterocycles. The molecule has 0 radical (unpaired) electrons. The summed E-state index contributed by atoms with van der Waals surface area (Å²) in [6.07, 6.45) is 2.01. The summed E-state index contributed by atoms with van der Waals surface area (Å²) in [4.78, 5) is 36.6. The molecule has 3 rings (SSSR count). The standard InChI is InChI=1S/C27H31NO6/c1-5-6-11-32-21-9-7-19(8-10-21)27(31)28-15-26(30)33-16-20-13-25(29)34-24-12-18(4)22(17(2)3)14-23(20)24/h7-10,12-14,17H,5-6,11,15-16H2,1-4H3,(H,28,31). The average molecular weight is 466 g/mol. The van der Waals surface area contributed by atoms with Crippen molar-refractivity contribution < 1.29 is 23.5 Å². The highest BCUT2D eigenvalue weighted by atomic mass is 16.5. The van der Waals surface area contributed by atoms with Gasteiger partial charge < -0.3 is 19.2 Å². The Balaban J connectivity index is 1.59. The van der Waals surface area contributed by atoms with Crippen molar-refractivity contribution in [2.24, 2.45) is 0 Å². The summed E-state index contributed by atoms with van der Waals surface area (Å²) in [5, 5.41) is 3.28. The molecule has 7 heteroatoms. The molecule has 7 nitrogen and oxygen atoms in total. The summed E-state index contributed by atoms with van der Waals surface area (Å²) in [6.45, 7) is 8.47. The molecule has 0 unspecified atom stereocenters. The van der Waals surface area contributed by atoms with Crippen LogP contribution in [0.1, 0.15) is 66.6 Å². The molecule has 1 amide bonds. The highest BCUT2D eigenvalue weighted by Crippen LogP contribution is 2.27. The molecule has 0 atom stereocenters. The van der Waals surface area contributed by atoms with Gasteiger partial charge in [0.2, 0.25) is 0 Å². The third-order valence-corrected chi connectivity index (χ3v) is 5.50. The van der Waals surface area contributed by atoms with Gasteiger partial charge in [-0.1, -0.05) is 27.2 Å². The average Bonchev–Trinajstić information content (AvgIpc) is 2.80. The number of amides is 1. The Morgan fingerprint density at radius 2 is 1.82 bits per heavy atom. The number of benzene rings is 2. The first-order valence-corrected chi connectivity index (χ1v) is 11.5. The summed E-state index contributed by atoms with van der Waals surface area (Å²) >= 11 is 0. The van der Waals surface area contributed by atoms with Crippen LogP contribution in [0.4, 0.5) is 0 Å². The van der Waals surface area contributed by atoms with E-state index in [1.165, 1.54) is 6.07 Å². The number of hydrogen-bond acceptors (Lipinski definition) is 6. The number of rotatable bonds is 10. The molecule has 0 spiro atoms. The molecule has 3 aromatic rings. The predicted octanol–water partition coefficient (Wildman–Crippen LogP) is 4.88. The largest absolute Gasteiger partial charge is 0.494 e. The molecule has 180 valence electrons. The lowest BCUT2D eigenvalue weighted by atomic mass is 9.95. The Bertz CT molecular complexity index is 1210. The van der Waals surface area contributed by atoms with Gasteiger partial charge in [-0.3, -0.25) is 9.59 Å². The minimum Gasteiger partial charge on any atom is -0.494 e. The van der Waals surface area contributed by atoms with Crippen LogP contribution in [0.3, 0.4) is 0 Å². The van der Waals surface area contributed by atoms with E-state index >= 15 is 0 Å². The van der Waals surface area contributed by atoms with E-state index in [2.05, 4.69) is 26.1 Å². The second-order valence-corrected chi connectivity index (χ2v) is 8.52. The Morgan fingerprint density at radius 1 is 1.09 bits per heavy atom. The Labute approximate surface area is 199 Å². The molecule has 34 heavy (non-hydrogen) atoms. The lowest BCUT2D eigenvalue weighted by molar-refractivity contribution is -0.143. The van der Waals surface area contributed by atoms with Crippen LogP contribution >= 0.6 is 0 Å². The van der Waals surface area contributed by atoms with E-state index in [1.807, 2.05) is 19.1 Å². The third kappa shape index (κ3) is 6.47. The second-order valence-electron chi connectivity index (χ2n) is 8.52. The number of carbonyl (C=O) groups excluding carboxylic acids is 2. The molecule has 0 aliphatic carbocycles. The van der Waals surface area contributed by atoms with E-state index in [0.717, 1.165) is 29.4 Å². The van der Waals surface area contributed by atoms with Crippen LogP contribution in [-0.2, 0) is 16.1 Å². The van der Waals surface area contributed by atoms with Gasteiger partial charge in [0, 0.05) is 22.6 Å². The van der Waals surface area contributed by atoms with Crippen molar-refractivity contribution >= 4 is 22.8 Å². The smallest absolute Gasteiger partial charge is 0.336 e. The van der Waals surface area contributed by atoms with Gasteiger partial charge >= 0.3 is 11.6 Å². The molecular weight excluding hydrogens is 434 g/mol. The predicted molar refractivity (Wildman–Crippen MR) is 130 cm³/mol. The molecule has 1 heterocycles. The minimum absolute atomic E-state index is 0.0960. The van der Waals surface area contributed by atoms with Gasteiger partial charge in [-0.15, -0.1) is 0 Å². The molecule has 0 saturated carbocycles. The number of hydrogen-bond donors (Lipinski definition) is 1. The van der Waals surface area contributed by atoms with Gasteiger partial charge in [0.15, 0.2) is 0 Å². The van der Waals surface area contributed by atoms with Gasteiger partial charge in [-0.05, 0) is 66.8 Å². The van der Waals surface area contributed by atoms with Crippen molar-refractivity contribution in [3.05, 3.63) is 75.1 Å². The Kier molecular flexibility index (Phi) is 8.46. The maximum Gasteiger partial charge on any atom is 0.336 e. The van der Waals surface area contributed by atoms with Crippen molar-refractivity contribution in [1.29, 1.82) is 0 Å². The normalized spacial score (nSPS) is 11.0. The number of esters is 1. The van der Waals surface area contributed by atoms with Gasteiger partial charge in [-0.25, -0.2) is 4.79 Å². The minimum atomic E-state index is -0.606. The quantitative estimate of drug-likeness (QED) is 0.261. The molecule has 0 aliphatic rings. The van der Waals surface area contributed by atoms with E-state index in [4.69, 9.17) is 13.9 Å². The van der Waals surface area contributed by atoms with Crippen LogP contribution in [0, 0.1) is 6.92 Å². The molecule has 1 aromatic heterocycles. The lowest BCUT2D eigenvalue weighted by Gasteiger charge is -2.13. The molecule has 1 N–H and O–H groups in total. The Hall–Kier alpha value is -3.61. The van der Waals surface area contributed by atoms with Crippen LogP contribution in [0.5, 0.6) is 5.75 Å². The maximum absolute atomic E-state index is 12.3. The zero-order valence-electron chi connectivity index (χ0n) is 20.1. The van der Waals surface area contributed by atoms with Crippen LogP contribution in [0.25, 0.3) is 11.0 Å². The zero-order valence-corrected chi connectivity index (χ0v) is 20.1. The van der Waals surface area contributed by atoms with Gasteiger partial charge in [0.25, 0.3) is 5.91 Å². The number of fused-ring (bicyclic) bond motifs is 1. The molecule has 0 saturated heterocycles. The first kappa shape index (κ1) is 25.0. The number of ether oxygens (including phenoxy) is 2. The van der Waals surface area contributed by atoms with Gasteiger partial charge in [0.1, 0.15) is 24.5 Å². The van der Waals surface area contributed by atoms with Gasteiger partial charge in [0.05, 0.1) is 6.61 Å². The maximum atomic E-state index is 12.3. The summed E-state index contributed by atoms with van der Waals surface area (Å²) in [6, 6.07) is 11.9. The SMILES string of the molecule is CCCCOc1ccc(C(=O)NCC(=O)OCc2cc(=O)oc3cc(C)c(C(C)C)cc23)cc1. The fourth-order valence-corrected chi connectivity index (χ4v) is 3.63. The first-order valence-electron chi connectivity index (χ1n) is 11.5. The topological polar surface area (TPSA) is 94.8 Å². The highest BCUT2D eigenvalue weighted by Gasteiger charge is 2.14. The molecular formula is C27H31NO6. The second kappa shape index (κ2) is 11.5. The Morgan fingerprint density at radius 3 is 2.50 bits per heavy atom. The molecule has 2 aromatic carbocycles. The van der Waals surface area contributed by atoms with Crippen molar-refractivity contribution in [3.63, 3.8) is 0 Å². The van der Waals surface area contributed by atoms with E-state index in [-0.39, 0.29) is 19.1 Å². The van der Waals surface area contributed by atoms with Crippen LogP contribution in [-0.4, -0.2) is 25.0 Å². The summed E-state index contributed by atoms with van der Waals surface area (Å²) in [5.74, 6) is -0.0101. The fraction of sp³-hybridized carbons (Fsp3) is 0.370. The van der Waals surface area contributed by atoms with Crippen molar-refractivity contribution in [2.75, 3.05) is 13.2 Å². The monoisotopic (exact) mass is 465 g/mol. The van der Waals surface area contributed by atoms with Crippen LogP contribution < -0.4 is 15.7 Å². The van der Waals surface area contributed by atoms with Crippen molar-refractivity contribution in [1.82, 2.24) is 5.32 Å². The summed E-state index contributed by atoms with van der Waals surface area (Å²) in [5.41, 5.74) is 3.08. The fourth-order valence-electron chi connectivity index (χ4n) is 3.63. The van der Waals surface area contributed by atoms with E-state index in [0.29, 0.717) is 35.0 Å². The molecule has 0 fully saturated rings. The summed E-state index contributed by atoms with van der Waals surface area (Å²) in [7, 11) is 0. The molecule has 0 bridgehead atoms. The van der Waals surface area contributed by atoms with Crippen molar-refractivity contribution in [2.45, 2.75) is 53.1 Å². The van der Waals surface area contributed by atoms with Crippen molar-refractivity contribution in [3.8, 4) is 5.75 Å². The van der Waals surface area contributed by atoms with E-state index in [1.54, 1.807) is 24.3 Å². The number of nitrogens with one attached hydrogen (secondary N) is 1. The highest BCUT2D eigenvalue weighted by molar-refractivity contribution is 5.96. The van der Waals surface area contributed by atoms with Crippen LogP contribution in [0.15, 0.2) is 51.7 Å². The van der Waals surface area contributed by atoms with Gasteiger partial charge in [-0.2, -0.15) is 0 Å². The van der Waals surface area contributed by atoms with E-state index < -0.39 is 11.6 Å². The van der Waals surface area contributed by atoms with Crippen LogP contribution in [0.2, 0.25) is 0 Å².